The quantitative estimate of drug-likeness (QED) is 0.382. The molecule has 0 radical (unpaired) electrons. The predicted molar refractivity (Wildman–Crippen MR) is 119 cm³/mol. The maximum atomic E-state index is 14.4. The third-order valence-corrected chi connectivity index (χ3v) is 6.13. The van der Waals surface area contributed by atoms with E-state index in [0.29, 0.717) is 22.8 Å². The minimum atomic E-state index is -6.25. The molecule has 0 unspecified atom stereocenters. The van der Waals surface area contributed by atoms with E-state index in [9.17, 15) is 40.3 Å². The molecule has 2 aromatic heterocycles. The lowest BCUT2D eigenvalue weighted by molar-refractivity contribution is -0.348. The number of anilines is 2. The number of amides is 2. The van der Waals surface area contributed by atoms with Gasteiger partial charge < -0.3 is 10.6 Å². The maximum Gasteiger partial charge on any atom is 0.435 e. The number of hydrogen-bond acceptors (Lipinski definition) is 4. The van der Waals surface area contributed by atoms with Crippen LogP contribution in [0.15, 0.2) is 29.6 Å². The fraction of sp³-hybridized carbons (Fsp3) is 0.318. The topological polar surface area (TPSA) is 76.0 Å². The second kappa shape index (κ2) is 9.22. The first-order chi connectivity index (χ1) is 16.5. The van der Waals surface area contributed by atoms with E-state index in [4.69, 9.17) is 0 Å². The van der Waals surface area contributed by atoms with Gasteiger partial charge in [0, 0.05) is 23.7 Å². The van der Waals surface area contributed by atoms with Crippen LogP contribution in [0.25, 0.3) is 0 Å². The van der Waals surface area contributed by atoms with Gasteiger partial charge in [0.25, 0.3) is 11.8 Å². The summed E-state index contributed by atoms with van der Waals surface area (Å²) in [5, 5.41) is 10.8. The molecule has 2 amide bonds. The van der Waals surface area contributed by atoms with Crippen LogP contribution in [0.4, 0.5) is 41.4 Å². The zero-order valence-corrected chi connectivity index (χ0v) is 20.0. The number of rotatable bonds is 5. The molecule has 0 atom stereocenters. The number of aromatic nitrogens is 2. The average Bonchev–Trinajstić information content (AvgIpc) is 3.33. The number of nitrogens with one attached hydrogen (secondary N) is 2. The van der Waals surface area contributed by atoms with Gasteiger partial charge in [-0.2, -0.15) is 31.4 Å². The average molecular weight is 536 g/mol. The van der Waals surface area contributed by atoms with Crippen LogP contribution in [-0.4, -0.2) is 33.9 Å². The van der Waals surface area contributed by atoms with Gasteiger partial charge in [-0.25, -0.2) is 4.39 Å². The highest BCUT2D eigenvalue weighted by molar-refractivity contribution is 7.14. The second-order valence-corrected chi connectivity index (χ2v) is 8.95. The van der Waals surface area contributed by atoms with Gasteiger partial charge in [0.1, 0.15) is 5.69 Å². The zero-order valence-electron chi connectivity index (χ0n) is 19.2. The molecule has 0 saturated carbocycles. The van der Waals surface area contributed by atoms with Gasteiger partial charge in [0.15, 0.2) is 0 Å². The summed E-state index contributed by atoms with van der Waals surface area (Å²) in [5.41, 5.74) is -6.72. The van der Waals surface area contributed by atoms with E-state index in [2.05, 4.69) is 15.7 Å². The molecule has 0 aliphatic heterocycles. The molecule has 194 valence electrons. The Labute approximate surface area is 204 Å². The van der Waals surface area contributed by atoms with Crippen molar-refractivity contribution in [1.29, 1.82) is 0 Å². The van der Waals surface area contributed by atoms with E-state index in [1.165, 1.54) is 16.1 Å². The maximum absolute atomic E-state index is 14.4. The molecule has 0 saturated heterocycles. The number of benzene rings is 1. The summed E-state index contributed by atoms with van der Waals surface area (Å²) < 4.78 is 94.5. The van der Waals surface area contributed by atoms with Gasteiger partial charge in [0.05, 0.1) is 16.3 Å². The normalized spacial score (nSPS) is 12.5. The monoisotopic (exact) mass is 536 g/mol. The van der Waals surface area contributed by atoms with Gasteiger partial charge in [-0.15, -0.1) is 11.3 Å². The van der Waals surface area contributed by atoms with Crippen LogP contribution in [0.3, 0.4) is 0 Å². The first-order valence-electron chi connectivity index (χ1n) is 10.1. The first kappa shape index (κ1) is 27.2. The number of carbonyl (C=O) groups is 2. The fourth-order valence-electron chi connectivity index (χ4n) is 3.55. The lowest BCUT2D eigenvalue weighted by Crippen LogP contribution is -2.50. The van der Waals surface area contributed by atoms with Crippen molar-refractivity contribution >= 4 is 33.8 Å². The number of thiophene rings is 1. The van der Waals surface area contributed by atoms with Crippen molar-refractivity contribution < 1.29 is 40.3 Å². The highest BCUT2D eigenvalue weighted by Gasteiger charge is 2.73. The minimum absolute atomic E-state index is 0.0717. The van der Waals surface area contributed by atoms with Crippen LogP contribution < -0.4 is 10.6 Å². The number of alkyl halides is 7. The molecule has 0 aliphatic rings. The minimum Gasteiger partial charge on any atom is -0.321 e. The summed E-state index contributed by atoms with van der Waals surface area (Å²) in [6, 6.07) is 3.72. The van der Waals surface area contributed by atoms with Crippen molar-refractivity contribution in [2.24, 2.45) is 7.05 Å². The molecule has 0 fully saturated rings. The van der Waals surface area contributed by atoms with Crippen molar-refractivity contribution in [1.82, 2.24) is 9.78 Å². The van der Waals surface area contributed by atoms with Gasteiger partial charge >= 0.3 is 18.0 Å². The molecule has 0 spiro atoms. The summed E-state index contributed by atoms with van der Waals surface area (Å²) >= 11 is 1.02. The Morgan fingerprint density at radius 2 is 1.42 bits per heavy atom. The Kier molecular flexibility index (Phi) is 6.96. The lowest BCUT2D eigenvalue weighted by atomic mass is 9.90. The molecule has 2 heterocycles. The molecule has 36 heavy (non-hydrogen) atoms. The summed E-state index contributed by atoms with van der Waals surface area (Å²) in [7, 11) is 1.58. The molecule has 3 aromatic rings. The molecule has 0 bridgehead atoms. The van der Waals surface area contributed by atoms with E-state index in [0.717, 1.165) is 25.2 Å². The number of carbonyl (C=O) groups excluding carboxylic acids is 2. The molecular formula is C22H19F7N4O2S. The van der Waals surface area contributed by atoms with Crippen LogP contribution in [0, 0.1) is 20.8 Å². The molecule has 0 aliphatic carbocycles. The van der Waals surface area contributed by atoms with Crippen molar-refractivity contribution in [3.05, 3.63) is 63.3 Å². The summed E-state index contributed by atoms with van der Waals surface area (Å²) in [4.78, 5) is 25.1. The third kappa shape index (κ3) is 4.94. The molecule has 1 aromatic carbocycles. The van der Waals surface area contributed by atoms with Crippen LogP contribution in [-0.2, 0) is 12.7 Å². The van der Waals surface area contributed by atoms with Crippen LogP contribution >= 0.6 is 11.3 Å². The number of hydrogen-bond donors (Lipinski definition) is 2. The lowest BCUT2D eigenvalue weighted by Gasteiger charge is -2.31. The Morgan fingerprint density at radius 3 is 1.89 bits per heavy atom. The highest BCUT2D eigenvalue weighted by Crippen LogP contribution is 2.53. The van der Waals surface area contributed by atoms with Gasteiger partial charge in [0.2, 0.25) is 0 Å². The summed E-state index contributed by atoms with van der Waals surface area (Å²) in [5.74, 6) is -1.21. The SMILES string of the molecule is Cc1cc(C(=O)Nc2cc(C(=O)Nc3c(C)cc(C(F)(C(F)(F)F)C(F)(F)F)cc3C)cs2)n(C)n1. The van der Waals surface area contributed by atoms with Crippen molar-refractivity contribution in [3.8, 4) is 0 Å². The third-order valence-electron chi connectivity index (χ3n) is 5.28. The van der Waals surface area contributed by atoms with Crippen LogP contribution in [0.2, 0.25) is 0 Å². The number of nitrogens with zero attached hydrogens (tertiary/aromatic N) is 2. The van der Waals surface area contributed by atoms with E-state index >= 15 is 0 Å². The molecule has 6 nitrogen and oxygen atoms in total. The van der Waals surface area contributed by atoms with Gasteiger partial charge in [-0.1, -0.05) is 12.1 Å². The Hall–Kier alpha value is -3.42. The second-order valence-electron chi connectivity index (χ2n) is 8.04. The van der Waals surface area contributed by atoms with E-state index in [1.807, 2.05) is 0 Å². The van der Waals surface area contributed by atoms with Gasteiger partial charge in [-0.3, -0.25) is 14.3 Å². The van der Waals surface area contributed by atoms with Crippen molar-refractivity contribution in [3.63, 3.8) is 0 Å². The molecular weight excluding hydrogens is 517 g/mol. The predicted octanol–water partition coefficient (Wildman–Crippen LogP) is 6.20. The smallest absolute Gasteiger partial charge is 0.321 e. The van der Waals surface area contributed by atoms with Crippen LogP contribution in [0.5, 0.6) is 0 Å². The number of aryl methyl sites for hydroxylation is 4. The zero-order chi connectivity index (χ0) is 27.2. The summed E-state index contributed by atoms with van der Waals surface area (Å²) in [6.45, 7) is 4.00. The number of halogens is 7. The Bertz CT molecular complexity index is 1290. The van der Waals surface area contributed by atoms with Crippen molar-refractivity contribution in [2.75, 3.05) is 10.6 Å². The fourth-order valence-corrected chi connectivity index (χ4v) is 4.33. The van der Waals surface area contributed by atoms with E-state index in [-0.39, 0.29) is 28.1 Å². The van der Waals surface area contributed by atoms with E-state index < -0.39 is 35.4 Å². The standard InChI is InChI=1S/C22H19F7N4O2S/c1-10-5-14(20(23,21(24,25)26)22(27,28)29)6-11(2)17(10)31-18(34)13-8-16(36-9-13)30-19(35)15-7-12(3)32-33(15)4/h5-9H,1-4H3,(H,30,35)(H,31,34). The van der Waals surface area contributed by atoms with Crippen molar-refractivity contribution in [2.45, 2.75) is 38.8 Å². The Morgan fingerprint density at radius 1 is 0.861 bits per heavy atom. The molecule has 14 heteroatoms. The molecule has 2 N–H and O–H groups in total. The van der Waals surface area contributed by atoms with E-state index in [1.54, 1.807) is 20.0 Å². The Balaban J connectivity index is 1.83. The summed E-state index contributed by atoms with van der Waals surface area (Å²) in [6.07, 6.45) is -12.5. The molecule has 3 rings (SSSR count). The highest BCUT2D eigenvalue weighted by atomic mass is 32.1. The first-order valence-corrected chi connectivity index (χ1v) is 11.0. The van der Waals surface area contributed by atoms with Crippen LogP contribution in [0.1, 0.15) is 43.2 Å². The largest absolute Gasteiger partial charge is 0.435 e. The van der Waals surface area contributed by atoms with Gasteiger partial charge in [-0.05, 0) is 44.0 Å².